The van der Waals surface area contributed by atoms with Crippen molar-refractivity contribution in [3.05, 3.63) is 22.8 Å². The van der Waals surface area contributed by atoms with Crippen molar-refractivity contribution in [2.75, 3.05) is 6.54 Å². The average Bonchev–Trinajstić information content (AvgIpc) is 2.39. The lowest BCUT2D eigenvalue weighted by Crippen LogP contribution is -2.44. The van der Waals surface area contributed by atoms with Crippen LogP contribution in [0.4, 0.5) is 0 Å². The molecule has 124 valence electrons. The van der Waals surface area contributed by atoms with E-state index in [2.05, 4.69) is 51.2 Å². The second-order valence-corrected chi connectivity index (χ2v) is 6.96. The van der Waals surface area contributed by atoms with Gasteiger partial charge in [0.25, 0.3) is 0 Å². The third kappa shape index (κ3) is 9.41. The molecule has 0 aromatic carbocycles. The highest BCUT2D eigenvalue weighted by Crippen LogP contribution is 2.09. The number of carbonyl (C=O) groups excluding carboxylic acids is 1. The second-order valence-electron chi connectivity index (χ2n) is 6.96. The van der Waals surface area contributed by atoms with Crippen LogP contribution in [0.2, 0.25) is 0 Å². The highest BCUT2D eigenvalue weighted by atomic mass is 16.1. The molecule has 0 unspecified atom stereocenters. The Balaban J connectivity index is 4.54. The fourth-order valence-electron chi connectivity index (χ4n) is 2.10. The number of allylic oxidation sites excluding steroid dienone is 3. The monoisotopic (exact) mass is 304 g/mol. The first-order chi connectivity index (χ1) is 10.1. The van der Waals surface area contributed by atoms with Gasteiger partial charge in [-0.05, 0) is 59.6 Å². The number of nitrogens with one attached hydrogen (secondary N) is 2. The summed E-state index contributed by atoms with van der Waals surface area (Å²) in [4.78, 5) is 12.0. The molecule has 0 bridgehead atoms. The van der Waals surface area contributed by atoms with Crippen LogP contribution in [0.1, 0.15) is 61.3 Å². The third-order valence-corrected chi connectivity index (χ3v) is 3.29. The van der Waals surface area contributed by atoms with E-state index in [1.54, 1.807) is 0 Å². The van der Waals surface area contributed by atoms with Crippen molar-refractivity contribution in [3.8, 4) is 12.3 Å². The first-order valence-electron chi connectivity index (χ1n) is 7.97. The summed E-state index contributed by atoms with van der Waals surface area (Å²) in [5.74, 6) is 2.74. The van der Waals surface area contributed by atoms with Crippen molar-refractivity contribution in [2.24, 2.45) is 0 Å². The van der Waals surface area contributed by atoms with E-state index in [1.807, 2.05) is 19.9 Å². The van der Waals surface area contributed by atoms with E-state index in [-0.39, 0.29) is 17.5 Å². The Morgan fingerprint density at radius 1 is 1.32 bits per heavy atom. The summed E-state index contributed by atoms with van der Waals surface area (Å²) < 4.78 is 0. The van der Waals surface area contributed by atoms with Crippen LogP contribution in [0.15, 0.2) is 22.8 Å². The van der Waals surface area contributed by atoms with Crippen molar-refractivity contribution < 1.29 is 4.79 Å². The van der Waals surface area contributed by atoms with E-state index in [0.717, 1.165) is 17.6 Å². The van der Waals surface area contributed by atoms with Gasteiger partial charge >= 0.3 is 0 Å². The van der Waals surface area contributed by atoms with Gasteiger partial charge < -0.3 is 10.6 Å². The summed E-state index contributed by atoms with van der Waals surface area (Å²) in [6.07, 6.45) is 9.01. The van der Waals surface area contributed by atoms with Gasteiger partial charge in [-0.3, -0.25) is 4.79 Å². The first kappa shape index (κ1) is 20.5. The standard InChI is InChI=1S/C19H32N2O/c1-9-14(3)11-17(10-2)15(4)13-20-18(22)12-16(5)21-19(6,7)8/h2,11,16,21H,9,12-13H2,1,3-8H3,(H,20,22)/b14-11-,17-15+/t16-/m1/s1. The molecule has 1 amide bonds. The summed E-state index contributed by atoms with van der Waals surface area (Å²) in [6.45, 7) is 14.9. The molecule has 1 atom stereocenters. The van der Waals surface area contributed by atoms with Crippen LogP contribution in [0.5, 0.6) is 0 Å². The van der Waals surface area contributed by atoms with Crippen molar-refractivity contribution in [1.82, 2.24) is 10.6 Å². The van der Waals surface area contributed by atoms with Gasteiger partial charge in [0.15, 0.2) is 0 Å². The van der Waals surface area contributed by atoms with E-state index in [4.69, 9.17) is 6.42 Å². The van der Waals surface area contributed by atoms with Gasteiger partial charge in [0.05, 0.1) is 0 Å². The van der Waals surface area contributed by atoms with Crippen LogP contribution in [0.25, 0.3) is 0 Å². The van der Waals surface area contributed by atoms with Gasteiger partial charge in [-0.15, -0.1) is 6.42 Å². The highest BCUT2D eigenvalue weighted by molar-refractivity contribution is 5.76. The van der Waals surface area contributed by atoms with Crippen molar-refractivity contribution in [2.45, 2.75) is 72.9 Å². The number of terminal acetylenes is 1. The lowest BCUT2D eigenvalue weighted by molar-refractivity contribution is -0.121. The minimum absolute atomic E-state index is 0.00856. The minimum atomic E-state index is 0.00856. The molecule has 22 heavy (non-hydrogen) atoms. The molecule has 0 heterocycles. The Morgan fingerprint density at radius 3 is 2.36 bits per heavy atom. The van der Waals surface area contributed by atoms with Crippen molar-refractivity contribution in [3.63, 3.8) is 0 Å². The maximum Gasteiger partial charge on any atom is 0.221 e. The lowest BCUT2D eigenvalue weighted by Gasteiger charge is -2.25. The molecule has 0 rings (SSSR count). The molecule has 2 N–H and O–H groups in total. The Morgan fingerprint density at radius 2 is 1.91 bits per heavy atom. The number of carbonyl (C=O) groups is 1. The van der Waals surface area contributed by atoms with Gasteiger partial charge in [0.1, 0.15) is 0 Å². The summed E-state index contributed by atoms with van der Waals surface area (Å²) in [5, 5.41) is 6.33. The van der Waals surface area contributed by atoms with E-state index in [1.165, 1.54) is 5.57 Å². The zero-order valence-corrected chi connectivity index (χ0v) is 15.3. The molecule has 3 heteroatoms. The Bertz CT molecular complexity index is 473. The van der Waals surface area contributed by atoms with Crippen molar-refractivity contribution >= 4 is 5.91 Å². The van der Waals surface area contributed by atoms with Crippen LogP contribution in [0.3, 0.4) is 0 Å². The second kappa shape index (κ2) is 9.48. The number of hydrogen-bond acceptors (Lipinski definition) is 2. The molecule has 0 saturated carbocycles. The fourth-order valence-corrected chi connectivity index (χ4v) is 2.10. The van der Waals surface area contributed by atoms with Gasteiger partial charge in [-0.1, -0.05) is 18.4 Å². The van der Waals surface area contributed by atoms with Crippen LogP contribution in [-0.2, 0) is 4.79 Å². The zero-order chi connectivity index (χ0) is 17.3. The highest BCUT2D eigenvalue weighted by Gasteiger charge is 2.16. The molecular formula is C19H32N2O. The van der Waals surface area contributed by atoms with Crippen molar-refractivity contribution in [1.29, 1.82) is 0 Å². The number of hydrogen-bond donors (Lipinski definition) is 2. The van der Waals surface area contributed by atoms with E-state index in [9.17, 15) is 4.79 Å². The molecule has 3 nitrogen and oxygen atoms in total. The topological polar surface area (TPSA) is 41.1 Å². The molecule has 0 aromatic rings. The Labute approximate surface area is 136 Å². The van der Waals surface area contributed by atoms with E-state index >= 15 is 0 Å². The number of rotatable bonds is 7. The summed E-state index contributed by atoms with van der Waals surface area (Å²) >= 11 is 0. The van der Waals surface area contributed by atoms with Gasteiger partial charge in [0, 0.05) is 30.1 Å². The van der Waals surface area contributed by atoms with Crippen LogP contribution in [0, 0.1) is 12.3 Å². The molecule has 0 aliphatic rings. The fraction of sp³-hybridized carbons (Fsp3) is 0.632. The summed E-state index contributed by atoms with van der Waals surface area (Å²) in [6, 6.07) is 0.138. The minimum Gasteiger partial charge on any atom is -0.352 e. The normalized spacial score (nSPS) is 14.9. The Hall–Kier alpha value is -1.53. The third-order valence-electron chi connectivity index (χ3n) is 3.29. The van der Waals surface area contributed by atoms with E-state index in [0.29, 0.717) is 13.0 Å². The predicted molar refractivity (Wildman–Crippen MR) is 95.6 cm³/mol. The molecule has 0 saturated heterocycles. The largest absolute Gasteiger partial charge is 0.352 e. The molecular weight excluding hydrogens is 272 g/mol. The zero-order valence-electron chi connectivity index (χ0n) is 15.3. The summed E-state index contributed by atoms with van der Waals surface area (Å²) in [7, 11) is 0. The quantitative estimate of drug-likeness (QED) is 0.557. The molecule has 0 aromatic heterocycles. The lowest BCUT2D eigenvalue weighted by atomic mass is 10.1. The van der Waals surface area contributed by atoms with Crippen LogP contribution in [-0.4, -0.2) is 24.0 Å². The molecule has 0 spiro atoms. The van der Waals surface area contributed by atoms with Gasteiger partial charge in [0.2, 0.25) is 5.91 Å². The van der Waals surface area contributed by atoms with Gasteiger partial charge in [-0.2, -0.15) is 0 Å². The molecule has 0 radical (unpaired) electrons. The Kier molecular flexibility index (Phi) is 8.82. The molecule has 0 aliphatic carbocycles. The van der Waals surface area contributed by atoms with E-state index < -0.39 is 0 Å². The van der Waals surface area contributed by atoms with Crippen LogP contribution < -0.4 is 10.6 Å². The first-order valence-corrected chi connectivity index (χ1v) is 7.97. The maximum atomic E-state index is 12.0. The SMILES string of the molecule is C#CC(/C=C(/C)CC)=C(/C)CNC(=O)C[C@@H](C)NC(C)(C)C. The van der Waals surface area contributed by atoms with Gasteiger partial charge in [-0.25, -0.2) is 0 Å². The molecule has 0 aliphatic heterocycles. The predicted octanol–water partition coefficient (Wildman–Crippen LogP) is 3.58. The molecule has 0 fully saturated rings. The summed E-state index contributed by atoms with van der Waals surface area (Å²) in [5.41, 5.74) is 3.12. The maximum absolute atomic E-state index is 12.0. The number of amides is 1. The smallest absolute Gasteiger partial charge is 0.221 e. The average molecular weight is 304 g/mol. The van der Waals surface area contributed by atoms with Crippen LogP contribution >= 0.6 is 0 Å².